The first-order valence-corrected chi connectivity index (χ1v) is 14.0. The average Bonchev–Trinajstić information content (AvgIpc) is 2.91. The highest BCUT2D eigenvalue weighted by atomic mass is 16.5. The quantitative estimate of drug-likeness (QED) is 0.233. The molecule has 8 nitrogen and oxygen atoms in total. The van der Waals surface area contributed by atoms with Gasteiger partial charge in [0.05, 0.1) is 18.8 Å². The van der Waals surface area contributed by atoms with Crippen LogP contribution in [0.4, 0.5) is 0 Å². The molecule has 1 atom stereocenters. The molecular weight excluding hydrogens is 500 g/mol. The predicted octanol–water partition coefficient (Wildman–Crippen LogP) is 6.05. The molecule has 3 rings (SSSR count). The maximum atomic E-state index is 12.3. The second kappa shape index (κ2) is 15.1. The number of carbonyl (C=O) groups excluding carboxylic acids is 1. The van der Waals surface area contributed by atoms with Crippen molar-refractivity contribution < 1.29 is 38.8 Å². The van der Waals surface area contributed by atoms with Crippen LogP contribution in [0.5, 0.6) is 17.2 Å². The van der Waals surface area contributed by atoms with Gasteiger partial charge in [-0.2, -0.15) is 0 Å². The topological polar surface area (TPSA) is 119 Å². The van der Waals surface area contributed by atoms with Gasteiger partial charge in [-0.05, 0) is 67.9 Å². The first-order valence-electron chi connectivity index (χ1n) is 14.0. The minimum atomic E-state index is -0.869. The standard InChI is InChI=1S/C31H40O8/c1-3-7-25-28(14-12-24-26(32)17-19-38-31(24)25)37-18-16-23(4-2)39-27-13-10-21(8-5-6-9-29(33)34)20-22(27)11-15-30(35)36/h10,12-14,20,23H,3-9,11,15-19H2,1-2H3,(H,33,34)(H,35,36). The van der Waals surface area contributed by atoms with Crippen molar-refractivity contribution in [3.63, 3.8) is 0 Å². The van der Waals surface area contributed by atoms with E-state index in [0.717, 1.165) is 54.5 Å². The van der Waals surface area contributed by atoms with E-state index in [1.807, 2.05) is 31.2 Å². The van der Waals surface area contributed by atoms with E-state index in [0.29, 0.717) is 56.0 Å². The maximum Gasteiger partial charge on any atom is 0.303 e. The van der Waals surface area contributed by atoms with Gasteiger partial charge in [0.2, 0.25) is 0 Å². The number of hydrogen-bond acceptors (Lipinski definition) is 6. The Morgan fingerprint density at radius 3 is 2.46 bits per heavy atom. The van der Waals surface area contributed by atoms with Crippen molar-refractivity contribution in [3.05, 3.63) is 52.6 Å². The molecule has 0 fully saturated rings. The average molecular weight is 541 g/mol. The van der Waals surface area contributed by atoms with Crippen molar-refractivity contribution in [1.82, 2.24) is 0 Å². The van der Waals surface area contributed by atoms with Crippen molar-refractivity contribution in [2.45, 2.75) is 90.6 Å². The zero-order valence-corrected chi connectivity index (χ0v) is 23.0. The van der Waals surface area contributed by atoms with Crippen LogP contribution in [0.1, 0.15) is 92.3 Å². The third-order valence-electron chi connectivity index (χ3n) is 6.88. The highest BCUT2D eigenvalue weighted by Crippen LogP contribution is 2.36. The number of ether oxygens (including phenoxy) is 3. The molecule has 2 N–H and O–H groups in total. The van der Waals surface area contributed by atoms with Crippen LogP contribution < -0.4 is 14.2 Å². The van der Waals surface area contributed by atoms with Crippen LogP contribution in [0.2, 0.25) is 0 Å². The molecule has 8 heteroatoms. The van der Waals surface area contributed by atoms with E-state index < -0.39 is 11.9 Å². The van der Waals surface area contributed by atoms with Crippen LogP contribution in [0.15, 0.2) is 30.3 Å². The summed E-state index contributed by atoms with van der Waals surface area (Å²) in [6.45, 7) is 4.94. The Balaban J connectivity index is 1.65. The lowest BCUT2D eigenvalue weighted by molar-refractivity contribution is -0.138. The summed E-state index contributed by atoms with van der Waals surface area (Å²) in [6.07, 6.45) is 5.90. The number of carboxylic acid groups (broad SMARTS) is 2. The van der Waals surface area contributed by atoms with Gasteiger partial charge in [0, 0.05) is 31.2 Å². The van der Waals surface area contributed by atoms with Gasteiger partial charge in [-0.1, -0.05) is 32.4 Å². The monoisotopic (exact) mass is 540 g/mol. The Kier molecular flexibility index (Phi) is 11.6. The summed E-state index contributed by atoms with van der Waals surface area (Å²) in [5.41, 5.74) is 3.45. The van der Waals surface area contributed by atoms with Crippen molar-refractivity contribution in [1.29, 1.82) is 0 Å². The van der Waals surface area contributed by atoms with Crippen LogP contribution >= 0.6 is 0 Å². The number of unbranched alkanes of at least 4 members (excludes halogenated alkanes) is 1. The second-order valence-electron chi connectivity index (χ2n) is 9.91. The van der Waals surface area contributed by atoms with Crippen molar-refractivity contribution in [2.75, 3.05) is 13.2 Å². The molecule has 0 amide bonds. The molecule has 0 spiro atoms. The fourth-order valence-electron chi connectivity index (χ4n) is 4.77. The van der Waals surface area contributed by atoms with Crippen LogP contribution in [0, 0.1) is 0 Å². The molecule has 0 radical (unpaired) electrons. The summed E-state index contributed by atoms with van der Waals surface area (Å²) >= 11 is 0. The number of aliphatic carboxylic acids is 2. The van der Waals surface area contributed by atoms with E-state index in [4.69, 9.17) is 19.3 Å². The summed E-state index contributed by atoms with van der Waals surface area (Å²) in [7, 11) is 0. The summed E-state index contributed by atoms with van der Waals surface area (Å²) < 4.78 is 18.4. The molecule has 0 saturated carbocycles. The normalized spacial score (nSPS) is 13.3. The Morgan fingerprint density at radius 1 is 0.974 bits per heavy atom. The van der Waals surface area contributed by atoms with Gasteiger partial charge in [-0.15, -0.1) is 0 Å². The number of benzene rings is 2. The Bertz CT molecular complexity index is 1140. The second-order valence-corrected chi connectivity index (χ2v) is 9.91. The van der Waals surface area contributed by atoms with E-state index in [1.165, 1.54) is 0 Å². The lowest BCUT2D eigenvalue weighted by atomic mass is 9.98. The van der Waals surface area contributed by atoms with Crippen LogP contribution in [-0.4, -0.2) is 47.3 Å². The molecular formula is C31H40O8. The highest BCUT2D eigenvalue weighted by molar-refractivity contribution is 6.00. The minimum Gasteiger partial charge on any atom is -0.493 e. The number of carbonyl (C=O) groups is 3. The van der Waals surface area contributed by atoms with Gasteiger partial charge >= 0.3 is 11.9 Å². The zero-order chi connectivity index (χ0) is 28.2. The molecule has 1 unspecified atom stereocenters. The number of aryl methyl sites for hydroxylation is 2. The number of fused-ring (bicyclic) bond motifs is 1. The summed E-state index contributed by atoms with van der Waals surface area (Å²) in [5.74, 6) is 0.489. The summed E-state index contributed by atoms with van der Waals surface area (Å²) in [4.78, 5) is 34.3. The third-order valence-corrected chi connectivity index (χ3v) is 6.88. The molecule has 0 saturated heterocycles. The minimum absolute atomic E-state index is 0.00182. The smallest absolute Gasteiger partial charge is 0.303 e. The Hall–Kier alpha value is -3.55. The van der Waals surface area contributed by atoms with E-state index in [2.05, 4.69) is 6.92 Å². The van der Waals surface area contributed by atoms with Gasteiger partial charge in [0.25, 0.3) is 0 Å². The van der Waals surface area contributed by atoms with Crippen molar-refractivity contribution in [3.8, 4) is 17.2 Å². The largest absolute Gasteiger partial charge is 0.493 e. The number of carboxylic acids is 2. The molecule has 0 bridgehead atoms. The number of rotatable bonds is 17. The molecule has 1 heterocycles. The lowest BCUT2D eigenvalue weighted by Gasteiger charge is -2.23. The molecule has 1 aliphatic heterocycles. The van der Waals surface area contributed by atoms with E-state index >= 15 is 0 Å². The first kappa shape index (κ1) is 30.0. The fourth-order valence-corrected chi connectivity index (χ4v) is 4.77. The van der Waals surface area contributed by atoms with Crippen LogP contribution in [-0.2, 0) is 28.9 Å². The van der Waals surface area contributed by atoms with Crippen molar-refractivity contribution >= 4 is 17.7 Å². The molecule has 0 aliphatic carbocycles. The van der Waals surface area contributed by atoms with Gasteiger partial charge in [-0.3, -0.25) is 14.4 Å². The molecule has 0 aromatic heterocycles. The highest BCUT2D eigenvalue weighted by Gasteiger charge is 2.24. The number of ketones is 1. The van der Waals surface area contributed by atoms with Gasteiger partial charge < -0.3 is 24.4 Å². The lowest BCUT2D eigenvalue weighted by Crippen LogP contribution is -2.20. The third kappa shape index (κ3) is 9.01. The van der Waals surface area contributed by atoms with E-state index in [-0.39, 0.29) is 24.7 Å². The number of hydrogen-bond donors (Lipinski definition) is 2. The summed E-state index contributed by atoms with van der Waals surface area (Å²) in [5, 5.41) is 18.1. The van der Waals surface area contributed by atoms with Gasteiger partial charge in [0.1, 0.15) is 23.4 Å². The van der Waals surface area contributed by atoms with Crippen LogP contribution in [0.25, 0.3) is 0 Å². The molecule has 2 aromatic rings. The summed E-state index contributed by atoms with van der Waals surface area (Å²) in [6, 6.07) is 9.49. The molecule has 39 heavy (non-hydrogen) atoms. The zero-order valence-electron chi connectivity index (χ0n) is 23.0. The fraction of sp³-hybridized carbons (Fsp3) is 0.516. The SMILES string of the molecule is CCCc1c(OCCC(CC)Oc2ccc(CCCCC(=O)O)cc2CCC(=O)O)ccc2c1OCCC2=O. The predicted molar refractivity (Wildman–Crippen MR) is 147 cm³/mol. The molecule has 212 valence electrons. The molecule has 2 aromatic carbocycles. The van der Waals surface area contributed by atoms with E-state index in [9.17, 15) is 19.5 Å². The number of Topliss-reactive ketones (excluding diaryl/α,β-unsaturated/α-hetero) is 1. The maximum absolute atomic E-state index is 12.3. The first-order chi connectivity index (χ1) is 18.8. The Labute approximate surface area is 230 Å². The molecule has 1 aliphatic rings. The van der Waals surface area contributed by atoms with Crippen LogP contribution in [0.3, 0.4) is 0 Å². The van der Waals surface area contributed by atoms with Crippen molar-refractivity contribution in [2.24, 2.45) is 0 Å². The van der Waals surface area contributed by atoms with Gasteiger partial charge in [-0.25, -0.2) is 0 Å². The van der Waals surface area contributed by atoms with Gasteiger partial charge in [0.15, 0.2) is 5.78 Å². The van der Waals surface area contributed by atoms with E-state index in [1.54, 1.807) is 6.07 Å². The Morgan fingerprint density at radius 2 is 1.74 bits per heavy atom.